The molecule has 0 spiro atoms. The lowest BCUT2D eigenvalue weighted by atomic mass is 10.1. The highest BCUT2D eigenvalue weighted by atomic mass is 15.2. The van der Waals surface area contributed by atoms with E-state index >= 15 is 0 Å². The summed E-state index contributed by atoms with van der Waals surface area (Å²) in [6, 6.07) is 8.20. The minimum absolute atomic E-state index is 0.672. The Balaban J connectivity index is 2.31. The fourth-order valence-corrected chi connectivity index (χ4v) is 1.37. The minimum atomic E-state index is 0.672. The van der Waals surface area contributed by atoms with E-state index in [4.69, 9.17) is 5.73 Å². The summed E-state index contributed by atoms with van der Waals surface area (Å²) in [5.41, 5.74) is 7.80. The van der Waals surface area contributed by atoms with E-state index in [1.165, 1.54) is 5.56 Å². The molecule has 2 aromatic rings. The Bertz CT molecular complexity index is 394. The van der Waals surface area contributed by atoms with Gasteiger partial charge in [-0.3, -0.25) is 4.57 Å². The molecule has 0 saturated heterocycles. The van der Waals surface area contributed by atoms with Crippen LogP contribution < -0.4 is 5.73 Å². The molecule has 14 heavy (non-hydrogen) atoms. The molecule has 0 bridgehead atoms. The Labute approximate surface area is 82.4 Å². The third kappa shape index (κ3) is 1.80. The molecule has 4 nitrogen and oxygen atoms in total. The van der Waals surface area contributed by atoms with Gasteiger partial charge in [0.25, 0.3) is 0 Å². The van der Waals surface area contributed by atoms with Gasteiger partial charge in [0.15, 0.2) is 0 Å². The summed E-state index contributed by atoms with van der Waals surface area (Å²) < 4.78 is 1.88. The van der Waals surface area contributed by atoms with Gasteiger partial charge in [-0.05, 0) is 30.7 Å². The first-order valence-electron chi connectivity index (χ1n) is 4.54. The van der Waals surface area contributed by atoms with Crippen molar-refractivity contribution < 1.29 is 0 Å². The van der Waals surface area contributed by atoms with E-state index in [0.29, 0.717) is 6.54 Å². The zero-order valence-electron chi connectivity index (χ0n) is 7.80. The van der Waals surface area contributed by atoms with Crippen LogP contribution in [0.4, 0.5) is 0 Å². The standard InChI is InChI=1S/C10H12N4/c11-5-4-9-2-1-3-10(6-9)14-7-12-13-8-14/h1-3,6-8H,4-5,11H2. The van der Waals surface area contributed by atoms with E-state index in [9.17, 15) is 0 Å². The lowest BCUT2D eigenvalue weighted by molar-refractivity contribution is 0.959. The molecule has 1 heterocycles. The van der Waals surface area contributed by atoms with Crippen LogP contribution in [0.5, 0.6) is 0 Å². The van der Waals surface area contributed by atoms with Gasteiger partial charge in [0.2, 0.25) is 0 Å². The molecule has 0 radical (unpaired) electrons. The molecule has 2 rings (SSSR count). The van der Waals surface area contributed by atoms with Crippen LogP contribution in [-0.4, -0.2) is 21.3 Å². The fraction of sp³-hybridized carbons (Fsp3) is 0.200. The number of hydrogen-bond donors (Lipinski definition) is 1. The molecule has 0 fully saturated rings. The Morgan fingerprint density at radius 1 is 1.21 bits per heavy atom. The van der Waals surface area contributed by atoms with Gasteiger partial charge in [0.05, 0.1) is 0 Å². The summed E-state index contributed by atoms with van der Waals surface area (Å²) >= 11 is 0. The molecule has 1 aromatic heterocycles. The van der Waals surface area contributed by atoms with Crippen LogP contribution in [0.3, 0.4) is 0 Å². The lowest BCUT2D eigenvalue weighted by Gasteiger charge is -2.03. The van der Waals surface area contributed by atoms with Crippen molar-refractivity contribution in [2.75, 3.05) is 6.54 Å². The summed E-state index contributed by atoms with van der Waals surface area (Å²) in [4.78, 5) is 0. The molecular weight excluding hydrogens is 176 g/mol. The summed E-state index contributed by atoms with van der Waals surface area (Å²) in [5.74, 6) is 0. The second kappa shape index (κ2) is 4.02. The van der Waals surface area contributed by atoms with E-state index in [2.05, 4.69) is 22.3 Å². The molecule has 0 atom stereocenters. The van der Waals surface area contributed by atoms with Crippen molar-refractivity contribution in [1.29, 1.82) is 0 Å². The van der Waals surface area contributed by atoms with E-state index in [1.54, 1.807) is 12.7 Å². The van der Waals surface area contributed by atoms with Gasteiger partial charge in [-0.2, -0.15) is 0 Å². The van der Waals surface area contributed by atoms with Crippen LogP contribution in [-0.2, 0) is 6.42 Å². The highest BCUT2D eigenvalue weighted by Crippen LogP contribution is 2.09. The summed E-state index contributed by atoms with van der Waals surface area (Å²) in [6.07, 6.45) is 4.26. The number of nitrogens with zero attached hydrogens (tertiary/aromatic N) is 3. The molecule has 2 N–H and O–H groups in total. The maximum absolute atomic E-state index is 5.50. The molecule has 0 aliphatic rings. The summed E-state index contributed by atoms with van der Waals surface area (Å²) in [5, 5.41) is 7.52. The zero-order chi connectivity index (χ0) is 9.80. The predicted octanol–water partition coefficient (Wildman–Crippen LogP) is 0.768. The second-order valence-corrected chi connectivity index (χ2v) is 3.08. The predicted molar refractivity (Wildman–Crippen MR) is 54.1 cm³/mol. The normalized spacial score (nSPS) is 10.4. The molecular formula is C10H12N4. The number of aromatic nitrogens is 3. The Morgan fingerprint density at radius 2 is 2.00 bits per heavy atom. The molecule has 0 unspecified atom stereocenters. The van der Waals surface area contributed by atoms with Crippen molar-refractivity contribution in [3.8, 4) is 5.69 Å². The van der Waals surface area contributed by atoms with Gasteiger partial charge in [0, 0.05) is 5.69 Å². The first kappa shape index (κ1) is 8.90. The van der Waals surface area contributed by atoms with Gasteiger partial charge < -0.3 is 5.73 Å². The number of nitrogens with two attached hydrogens (primary N) is 1. The van der Waals surface area contributed by atoms with Crippen LogP contribution >= 0.6 is 0 Å². The van der Waals surface area contributed by atoms with Crippen molar-refractivity contribution in [3.05, 3.63) is 42.5 Å². The zero-order valence-corrected chi connectivity index (χ0v) is 7.80. The van der Waals surface area contributed by atoms with E-state index in [-0.39, 0.29) is 0 Å². The number of rotatable bonds is 3. The number of benzene rings is 1. The first-order chi connectivity index (χ1) is 6.90. The van der Waals surface area contributed by atoms with Gasteiger partial charge >= 0.3 is 0 Å². The molecule has 0 saturated carbocycles. The largest absolute Gasteiger partial charge is 0.330 e. The second-order valence-electron chi connectivity index (χ2n) is 3.08. The summed E-state index contributed by atoms with van der Waals surface area (Å²) in [7, 11) is 0. The van der Waals surface area contributed by atoms with Crippen molar-refractivity contribution >= 4 is 0 Å². The highest BCUT2D eigenvalue weighted by Gasteiger charge is 1.97. The van der Waals surface area contributed by atoms with Crippen LogP contribution in [0.2, 0.25) is 0 Å². The van der Waals surface area contributed by atoms with Crippen LogP contribution in [0.25, 0.3) is 5.69 Å². The topological polar surface area (TPSA) is 56.7 Å². The average Bonchev–Trinajstić information content (AvgIpc) is 2.71. The smallest absolute Gasteiger partial charge is 0.123 e. The Morgan fingerprint density at radius 3 is 2.71 bits per heavy atom. The maximum atomic E-state index is 5.50. The first-order valence-corrected chi connectivity index (χ1v) is 4.54. The van der Waals surface area contributed by atoms with Crippen molar-refractivity contribution in [2.24, 2.45) is 5.73 Å². The summed E-state index contributed by atoms with van der Waals surface area (Å²) in [6.45, 7) is 0.672. The molecule has 1 aromatic carbocycles. The monoisotopic (exact) mass is 188 g/mol. The van der Waals surface area contributed by atoms with Gasteiger partial charge in [-0.25, -0.2) is 0 Å². The quantitative estimate of drug-likeness (QED) is 0.774. The van der Waals surface area contributed by atoms with Gasteiger partial charge in [-0.15, -0.1) is 10.2 Å². The van der Waals surface area contributed by atoms with Crippen LogP contribution in [0.1, 0.15) is 5.56 Å². The minimum Gasteiger partial charge on any atom is -0.330 e. The van der Waals surface area contributed by atoms with E-state index in [0.717, 1.165) is 12.1 Å². The van der Waals surface area contributed by atoms with Crippen molar-refractivity contribution in [3.63, 3.8) is 0 Å². The lowest BCUT2D eigenvalue weighted by Crippen LogP contribution is -2.03. The van der Waals surface area contributed by atoms with Gasteiger partial charge in [-0.1, -0.05) is 12.1 Å². The third-order valence-electron chi connectivity index (χ3n) is 2.06. The van der Waals surface area contributed by atoms with E-state index < -0.39 is 0 Å². The highest BCUT2D eigenvalue weighted by molar-refractivity contribution is 5.35. The Kier molecular flexibility index (Phi) is 2.55. The third-order valence-corrected chi connectivity index (χ3v) is 2.06. The SMILES string of the molecule is NCCc1cccc(-n2cnnc2)c1. The molecule has 4 heteroatoms. The van der Waals surface area contributed by atoms with Crippen LogP contribution in [0, 0.1) is 0 Å². The maximum Gasteiger partial charge on any atom is 0.123 e. The fourth-order valence-electron chi connectivity index (χ4n) is 1.37. The average molecular weight is 188 g/mol. The van der Waals surface area contributed by atoms with Gasteiger partial charge in [0.1, 0.15) is 12.7 Å². The molecule has 0 aliphatic carbocycles. The molecule has 0 aliphatic heterocycles. The van der Waals surface area contributed by atoms with Crippen LogP contribution in [0.15, 0.2) is 36.9 Å². The van der Waals surface area contributed by atoms with E-state index in [1.807, 2.05) is 16.7 Å². The van der Waals surface area contributed by atoms with Crippen molar-refractivity contribution in [2.45, 2.75) is 6.42 Å². The Hall–Kier alpha value is -1.68. The van der Waals surface area contributed by atoms with Crippen molar-refractivity contribution in [1.82, 2.24) is 14.8 Å². The molecule has 72 valence electrons. The molecule has 0 amide bonds. The number of hydrogen-bond acceptors (Lipinski definition) is 3.